The molecule has 0 amide bonds. The van der Waals surface area contributed by atoms with Gasteiger partial charge in [-0.25, -0.2) is 4.39 Å². The quantitative estimate of drug-likeness (QED) is 0.327. The fourth-order valence-corrected chi connectivity index (χ4v) is 6.63. The third-order valence-electron chi connectivity index (χ3n) is 8.87. The molecule has 2 aromatic rings. The Labute approximate surface area is 211 Å². The summed E-state index contributed by atoms with van der Waals surface area (Å²) in [6.07, 6.45) is 18.1. The maximum absolute atomic E-state index is 14.5. The van der Waals surface area contributed by atoms with Crippen LogP contribution >= 0.6 is 0 Å². The van der Waals surface area contributed by atoms with Crippen molar-refractivity contribution in [2.24, 2.45) is 23.7 Å². The molecule has 2 aliphatic carbocycles. The highest BCUT2D eigenvalue weighted by Crippen LogP contribution is 2.43. The van der Waals surface area contributed by atoms with E-state index in [9.17, 15) is 8.78 Å². The van der Waals surface area contributed by atoms with E-state index in [-0.39, 0.29) is 11.3 Å². The summed E-state index contributed by atoms with van der Waals surface area (Å²) in [6, 6.07) is 11.1. The van der Waals surface area contributed by atoms with Gasteiger partial charge in [0.25, 0.3) is 0 Å². The lowest BCUT2D eigenvalue weighted by molar-refractivity contribution is 0.140. The van der Waals surface area contributed by atoms with Crippen LogP contribution in [0.5, 0.6) is 5.75 Å². The molecule has 2 aliphatic rings. The van der Waals surface area contributed by atoms with E-state index in [4.69, 9.17) is 4.74 Å². The van der Waals surface area contributed by atoms with Crippen molar-refractivity contribution in [2.75, 3.05) is 6.61 Å². The molecular formula is C32H44F2O. The van der Waals surface area contributed by atoms with Crippen LogP contribution in [-0.4, -0.2) is 6.61 Å². The molecule has 0 aliphatic heterocycles. The van der Waals surface area contributed by atoms with Gasteiger partial charge in [-0.2, -0.15) is 4.39 Å². The Bertz CT molecular complexity index is 906. The molecule has 0 spiro atoms. The number of hydrogen-bond acceptors (Lipinski definition) is 1. The van der Waals surface area contributed by atoms with E-state index < -0.39 is 11.6 Å². The lowest BCUT2D eigenvalue weighted by Gasteiger charge is -2.38. The van der Waals surface area contributed by atoms with Gasteiger partial charge in [0, 0.05) is 5.56 Å². The Hall–Kier alpha value is -1.90. The topological polar surface area (TPSA) is 9.23 Å². The molecule has 1 nitrogen and oxygen atoms in total. The minimum absolute atomic E-state index is 0.0280. The number of rotatable bonds is 10. The van der Waals surface area contributed by atoms with Crippen LogP contribution in [-0.2, 0) is 6.42 Å². The van der Waals surface area contributed by atoms with Crippen molar-refractivity contribution in [3.63, 3.8) is 0 Å². The van der Waals surface area contributed by atoms with Crippen LogP contribution in [0.1, 0.15) is 96.5 Å². The largest absolute Gasteiger partial charge is 0.491 e. The minimum atomic E-state index is -0.909. The van der Waals surface area contributed by atoms with Crippen LogP contribution in [0.4, 0.5) is 8.78 Å². The van der Waals surface area contributed by atoms with Gasteiger partial charge in [0.15, 0.2) is 11.6 Å². The third-order valence-corrected chi connectivity index (χ3v) is 8.87. The average Bonchev–Trinajstić information content (AvgIpc) is 2.90. The summed E-state index contributed by atoms with van der Waals surface area (Å²) in [5.74, 6) is 2.04. The summed E-state index contributed by atoms with van der Waals surface area (Å²) in [4.78, 5) is 0. The van der Waals surface area contributed by atoms with E-state index in [1.165, 1.54) is 88.7 Å². The first-order valence-electron chi connectivity index (χ1n) is 14.3. The molecule has 35 heavy (non-hydrogen) atoms. The molecule has 0 N–H and O–H groups in total. The Kier molecular flexibility index (Phi) is 9.63. The molecule has 0 bridgehead atoms. The zero-order valence-corrected chi connectivity index (χ0v) is 21.8. The van der Waals surface area contributed by atoms with Crippen LogP contribution in [0.2, 0.25) is 0 Å². The van der Waals surface area contributed by atoms with E-state index >= 15 is 0 Å². The van der Waals surface area contributed by atoms with E-state index in [2.05, 4.69) is 19.1 Å². The smallest absolute Gasteiger partial charge is 0.201 e. The van der Waals surface area contributed by atoms with Gasteiger partial charge in [0.2, 0.25) is 5.82 Å². The van der Waals surface area contributed by atoms with Crippen molar-refractivity contribution in [3.8, 4) is 16.9 Å². The Morgan fingerprint density at radius 2 is 1.31 bits per heavy atom. The predicted molar refractivity (Wildman–Crippen MR) is 142 cm³/mol. The number of ether oxygens (including phenoxy) is 1. The maximum atomic E-state index is 14.5. The predicted octanol–water partition coefficient (Wildman–Crippen LogP) is 9.77. The molecule has 4 rings (SSSR count). The standard InChI is InChI=1S/C32H44F2O/c1-3-5-6-23-9-15-26(16-10-23)27-17-11-24(12-18-27)7-8-25-13-19-28(20-14-25)29-21-22-30(35-4-2)32(34)31(29)33/h13-14,19-24,26-27H,3-12,15-18H2,1-2H3. The Morgan fingerprint density at radius 3 is 1.89 bits per heavy atom. The van der Waals surface area contributed by atoms with Crippen LogP contribution in [0.15, 0.2) is 36.4 Å². The first-order valence-corrected chi connectivity index (χ1v) is 14.3. The summed E-state index contributed by atoms with van der Waals surface area (Å²) in [5, 5.41) is 0. The number of unbranched alkanes of at least 4 members (excludes halogenated alkanes) is 1. The molecule has 0 aromatic heterocycles. The fourth-order valence-electron chi connectivity index (χ4n) is 6.63. The van der Waals surface area contributed by atoms with Crippen molar-refractivity contribution in [2.45, 2.75) is 97.3 Å². The minimum Gasteiger partial charge on any atom is -0.491 e. The molecule has 2 aromatic carbocycles. The van der Waals surface area contributed by atoms with Crippen molar-refractivity contribution in [1.29, 1.82) is 0 Å². The Balaban J connectivity index is 1.22. The first-order chi connectivity index (χ1) is 17.1. The molecule has 2 fully saturated rings. The molecule has 0 unspecified atom stereocenters. The van der Waals surface area contributed by atoms with Crippen LogP contribution in [0.3, 0.4) is 0 Å². The van der Waals surface area contributed by atoms with Crippen LogP contribution in [0, 0.1) is 35.3 Å². The van der Waals surface area contributed by atoms with Crippen molar-refractivity contribution in [3.05, 3.63) is 53.6 Å². The highest BCUT2D eigenvalue weighted by atomic mass is 19.2. The van der Waals surface area contributed by atoms with Crippen molar-refractivity contribution in [1.82, 2.24) is 0 Å². The third kappa shape index (κ3) is 6.86. The first kappa shape index (κ1) is 26.2. The molecule has 0 atom stereocenters. The summed E-state index contributed by atoms with van der Waals surface area (Å²) in [5.41, 5.74) is 2.28. The highest BCUT2D eigenvalue weighted by molar-refractivity contribution is 5.65. The molecular weight excluding hydrogens is 438 g/mol. The number of aryl methyl sites for hydroxylation is 1. The second-order valence-electron chi connectivity index (χ2n) is 11.1. The summed E-state index contributed by atoms with van der Waals surface area (Å²) in [7, 11) is 0. The van der Waals surface area contributed by atoms with Gasteiger partial charge in [-0.15, -0.1) is 0 Å². The zero-order chi connectivity index (χ0) is 24.6. The van der Waals surface area contributed by atoms with Gasteiger partial charge in [-0.05, 0) is 92.4 Å². The highest BCUT2D eigenvalue weighted by Gasteiger charge is 2.30. The van der Waals surface area contributed by atoms with E-state index in [0.717, 1.165) is 30.1 Å². The average molecular weight is 483 g/mol. The van der Waals surface area contributed by atoms with Crippen LogP contribution < -0.4 is 4.74 Å². The number of hydrogen-bond donors (Lipinski definition) is 0. The SMILES string of the molecule is CCCCC1CCC(C2CCC(CCc3ccc(-c4ccc(OCC)c(F)c4F)cc3)CC2)CC1. The van der Waals surface area contributed by atoms with E-state index in [0.29, 0.717) is 12.2 Å². The summed E-state index contributed by atoms with van der Waals surface area (Å²) < 4.78 is 34.0. The lowest BCUT2D eigenvalue weighted by atomic mass is 9.68. The molecule has 2 saturated carbocycles. The number of benzene rings is 2. The van der Waals surface area contributed by atoms with Gasteiger partial charge in [-0.1, -0.05) is 76.1 Å². The molecule has 0 saturated heterocycles. The van der Waals surface area contributed by atoms with Gasteiger partial charge < -0.3 is 4.74 Å². The van der Waals surface area contributed by atoms with E-state index in [1.807, 2.05) is 12.1 Å². The zero-order valence-electron chi connectivity index (χ0n) is 21.8. The lowest BCUT2D eigenvalue weighted by Crippen LogP contribution is -2.26. The van der Waals surface area contributed by atoms with Crippen LogP contribution in [0.25, 0.3) is 11.1 Å². The van der Waals surface area contributed by atoms with Crippen molar-refractivity contribution < 1.29 is 13.5 Å². The second kappa shape index (κ2) is 12.9. The molecule has 0 radical (unpaired) electrons. The molecule has 3 heteroatoms. The normalized spacial score (nSPS) is 24.9. The fraction of sp³-hybridized carbons (Fsp3) is 0.625. The Morgan fingerprint density at radius 1 is 0.714 bits per heavy atom. The van der Waals surface area contributed by atoms with Crippen molar-refractivity contribution >= 4 is 0 Å². The summed E-state index contributed by atoms with van der Waals surface area (Å²) >= 11 is 0. The summed E-state index contributed by atoms with van der Waals surface area (Å²) in [6.45, 7) is 4.38. The monoisotopic (exact) mass is 482 g/mol. The van der Waals surface area contributed by atoms with E-state index in [1.54, 1.807) is 13.0 Å². The number of halogens is 2. The van der Waals surface area contributed by atoms with Gasteiger partial charge in [0.05, 0.1) is 6.61 Å². The van der Waals surface area contributed by atoms with Gasteiger partial charge in [-0.3, -0.25) is 0 Å². The van der Waals surface area contributed by atoms with Gasteiger partial charge >= 0.3 is 0 Å². The second-order valence-corrected chi connectivity index (χ2v) is 11.1. The maximum Gasteiger partial charge on any atom is 0.201 e. The molecule has 0 heterocycles. The van der Waals surface area contributed by atoms with Gasteiger partial charge in [0.1, 0.15) is 0 Å². The molecule has 192 valence electrons.